The highest BCUT2D eigenvalue weighted by atomic mass is 32.2. The van der Waals surface area contributed by atoms with E-state index in [1.807, 2.05) is 42.5 Å². The lowest BCUT2D eigenvalue weighted by atomic mass is 10.1. The molecule has 0 N–H and O–H groups in total. The van der Waals surface area contributed by atoms with Crippen LogP contribution < -0.4 is 4.74 Å². The van der Waals surface area contributed by atoms with Crippen LogP contribution in [0.25, 0.3) is 16.8 Å². The molecule has 1 aliphatic heterocycles. The number of rotatable bonds is 7. The van der Waals surface area contributed by atoms with Gasteiger partial charge in [0.2, 0.25) is 0 Å². The molecular weight excluding hydrogens is 438 g/mol. The van der Waals surface area contributed by atoms with Crippen LogP contribution in [0.1, 0.15) is 25.0 Å². The molecule has 3 aromatic carbocycles. The first-order chi connectivity index (χ1) is 16.0. The van der Waals surface area contributed by atoms with E-state index in [9.17, 15) is 14.4 Å². The first-order valence-corrected chi connectivity index (χ1v) is 11.4. The van der Waals surface area contributed by atoms with Crippen molar-refractivity contribution in [2.45, 2.75) is 26.5 Å². The van der Waals surface area contributed by atoms with E-state index in [0.717, 1.165) is 33.0 Å². The van der Waals surface area contributed by atoms with E-state index in [4.69, 9.17) is 9.47 Å². The van der Waals surface area contributed by atoms with Crippen LogP contribution in [0.15, 0.2) is 71.6 Å². The number of nitrogens with zero attached hydrogens (tertiary/aromatic N) is 1. The van der Waals surface area contributed by atoms with Gasteiger partial charge in [-0.25, -0.2) is 4.79 Å². The molecule has 0 aromatic heterocycles. The highest BCUT2D eigenvalue weighted by Crippen LogP contribution is 2.35. The second kappa shape index (κ2) is 9.92. The molecule has 0 saturated carbocycles. The minimum atomic E-state index is -0.984. The van der Waals surface area contributed by atoms with Gasteiger partial charge in [-0.15, -0.1) is 0 Å². The first kappa shape index (κ1) is 22.6. The lowest BCUT2D eigenvalue weighted by Crippen LogP contribution is -2.42. The van der Waals surface area contributed by atoms with Gasteiger partial charge in [-0.2, -0.15) is 0 Å². The SMILES string of the molecule is CCOC(=O)[C@H](C)N1C(=O)S/C(=C/c2ccccc2OCc2ccc3ccccc3c2)C1=O. The van der Waals surface area contributed by atoms with Crippen molar-refractivity contribution in [1.29, 1.82) is 0 Å². The van der Waals surface area contributed by atoms with Gasteiger partial charge in [-0.05, 0) is 60.2 Å². The van der Waals surface area contributed by atoms with Crippen molar-refractivity contribution in [2.75, 3.05) is 6.61 Å². The Morgan fingerprint density at radius 1 is 1.03 bits per heavy atom. The molecule has 0 unspecified atom stereocenters. The third-order valence-electron chi connectivity index (χ3n) is 5.25. The van der Waals surface area contributed by atoms with Gasteiger partial charge >= 0.3 is 5.97 Å². The number of benzene rings is 3. The predicted molar refractivity (Wildman–Crippen MR) is 129 cm³/mol. The predicted octanol–water partition coefficient (Wildman–Crippen LogP) is 5.41. The molecule has 2 amide bonds. The summed E-state index contributed by atoms with van der Waals surface area (Å²) in [6, 6.07) is 20.6. The monoisotopic (exact) mass is 461 g/mol. The Labute approximate surface area is 196 Å². The summed E-state index contributed by atoms with van der Waals surface area (Å²) in [6.07, 6.45) is 1.62. The lowest BCUT2D eigenvalue weighted by molar-refractivity contribution is -0.150. The maximum Gasteiger partial charge on any atom is 0.329 e. The zero-order valence-corrected chi connectivity index (χ0v) is 19.1. The molecule has 1 heterocycles. The zero-order valence-electron chi connectivity index (χ0n) is 18.3. The maximum atomic E-state index is 12.9. The second-order valence-electron chi connectivity index (χ2n) is 7.49. The average Bonchev–Trinajstić information content (AvgIpc) is 3.10. The lowest BCUT2D eigenvalue weighted by Gasteiger charge is -2.19. The van der Waals surface area contributed by atoms with E-state index in [1.165, 1.54) is 6.92 Å². The molecule has 1 saturated heterocycles. The molecule has 1 atom stereocenters. The smallest absolute Gasteiger partial charge is 0.329 e. The summed E-state index contributed by atoms with van der Waals surface area (Å²) in [7, 11) is 0. The van der Waals surface area contributed by atoms with Gasteiger partial charge in [0.1, 0.15) is 18.4 Å². The summed E-state index contributed by atoms with van der Waals surface area (Å²) in [5.74, 6) is -0.536. The fourth-order valence-electron chi connectivity index (χ4n) is 3.54. The molecule has 1 fully saturated rings. The molecule has 6 nitrogen and oxygen atoms in total. The maximum absolute atomic E-state index is 12.9. The second-order valence-corrected chi connectivity index (χ2v) is 8.48. The van der Waals surface area contributed by atoms with Gasteiger partial charge in [0.15, 0.2) is 0 Å². The Hall–Kier alpha value is -3.58. The minimum Gasteiger partial charge on any atom is -0.488 e. The molecule has 3 aromatic rings. The van der Waals surface area contributed by atoms with Crippen molar-refractivity contribution in [3.05, 3.63) is 82.8 Å². The van der Waals surface area contributed by atoms with Crippen LogP contribution in [0.3, 0.4) is 0 Å². The highest BCUT2D eigenvalue weighted by molar-refractivity contribution is 8.18. The largest absolute Gasteiger partial charge is 0.488 e. The summed E-state index contributed by atoms with van der Waals surface area (Å²) in [5, 5.41) is 1.80. The van der Waals surface area contributed by atoms with Gasteiger partial charge in [0.25, 0.3) is 11.1 Å². The van der Waals surface area contributed by atoms with Gasteiger partial charge in [0, 0.05) is 5.56 Å². The summed E-state index contributed by atoms with van der Waals surface area (Å²) >= 11 is 0.800. The number of ether oxygens (including phenoxy) is 2. The van der Waals surface area contributed by atoms with Gasteiger partial charge in [-0.1, -0.05) is 54.6 Å². The van der Waals surface area contributed by atoms with Crippen molar-refractivity contribution < 1.29 is 23.9 Å². The van der Waals surface area contributed by atoms with Crippen molar-refractivity contribution >= 4 is 45.7 Å². The van der Waals surface area contributed by atoms with Crippen LogP contribution in [0, 0.1) is 0 Å². The van der Waals surface area contributed by atoms with Crippen LogP contribution in [-0.2, 0) is 20.9 Å². The fourth-order valence-corrected chi connectivity index (χ4v) is 4.44. The molecule has 0 radical (unpaired) electrons. The minimum absolute atomic E-state index is 0.178. The summed E-state index contributed by atoms with van der Waals surface area (Å²) in [6.45, 7) is 3.69. The van der Waals surface area contributed by atoms with Crippen LogP contribution in [0.5, 0.6) is 5.75 Å². The highest BCUT2D eigenvalue weighted by Gasteiger charge is 2.41. The van der Waals surface area contributed by atoms with Crippen molar-refractivity contribution in [3.8, 4) is 5.75 Å². The van der Waals surface area contributed by atoms with E-state index in [0.29, 0.717) is 17.9 Å². The number of amides is 2. The molecule has 7 heteroatoms. The third kappa shape index (κ3) is 4.93. The number of thioether (sulfide) groups is 1. The molecule has 0 aliphatic carbocycles. The molecule has 33 heavy (non-hydrogen) atoms. The number of esters is 1. The number of imide groups is 1. The number of hydrogen-bond donors (Lipinski definition) is 0. The van der Waals surface area contributed by atoms with E-state index < -0.39 is 23.2 Å². The van der Waals surface area contributed by atoms with Gasteiger partial charge in [0.05, 0.1) is 11.5 Å². The van der Waals surface area contributed by atoms with E-state index in [1.54, 1.807) is 13.0 Å². The quantitative estimate of drug-likeness (QED) is 0.346. The van der Waals surface area contributed by atoms with Crippen LogP contribution in [0.4, 0.5) is 4.79 Å². The Morgan fingerprint density at radius 2 is 1.76 bits per heavy atom. The van der Waals surface area contributed by atoms with Crippen molar-refractivity contribution in [3.63, 3.8) is 0 Å². The number of para-hydroxylation sites is 1. The number of carbonyl (C=O) groups excluding carboxylic acids is 3. The Bertz CT molecular complexity index is 1250. The summed E-state index contributed by atoms with van der Waals surface area (Å²) in [4.78, 5) is 38.5. The van der Waals surface area contributed by atoms with E-state index in [2.05, 4.69) is 24.3 Å². The Morgan fingerprint density at radius 3 is 2.55 bits per heavy atom. The zero-order chi connectivity index (χ0) is 23.4. The van der Waals surface area contributed by atoms with Gasteiger partial charge in [-0.3, -0.25) is 14.5 Å². The van der Waals surface area contributed by atoms with Gasteiger partial charge < -0.3 is 9.47 Å². The number of fused-ring (bicyclic) bond motifs is 1. The molecule has 0 spiro atoms. The number of hydrogen-bond acceptors (Lipinski definition) is 6. The average molecular weight is 462 g/mol. The van der Waals surface area contributed by atoms with Crippen LogP contribution in [-0.4, -0.2) is 34.7 Å². The molecule has 4 rings (SSSR count). The van der Waals surface area contributed by atoms with Crippen molar-refractivity contribution in [2.24, 2.45) is 0 Å². The van der Waals surface area contributed by atoms with E-state index >= 15 is 0 Å². The molecule has 168 valence electrons. The number of carbonyl (C=O) groups is 3. The molecular formula is C26H23NO5S. The van der Waals surface area contributed by atoms with Crippen LogP contribution in [0.2, 0.25) is 0 Å². The Kier molecular flexibility index (Phi) is 6.79. The summed E-state index contributed by atoms with van der Waals surface area (Å²) in [5.41, 5.74) is 1.69. The fraction of sp³-hybridized carbons (Fsp3) is 0.192. The topological polar surface area (TPSA) is 72.9 Å². The van der Waals surface area contributed by atoms with Crippen LogP contribution >= 0.6 is 11.8 Å². The first-order valence-electron chi connectivity index (χ1n) is 10.6. The van der Waals surface area contributed by atoms with E-state index in [-0.39, 0.29) is 11.5 Å². The normalized spacial score (nSPS) is 15.8. The Balaban J connectivity index is 1.52. The molecule has 1 aliphatic rings. The standard InChI is InChI=1S/C26H23NO5S/c1-3-31-25(29)17(2)27-24(28)23(33-26(27)30)15-21-10-6-7-11-22(21)32-16-18-12-13-19-8-4-5-9-20(19)14-18/h4-15,17H,3,16H2,1-2H3/b23-15+/t17-/m0/s1. The third-order valence-corrected chi connectivity index (χ3v) is 6.14. The summed E-state index contributed by atoms with van der Waals surface area (Å²) < 4.78 is 11.0. The van der Waals surface area contributed by atoms with Crippen molar-refractivity contribution in [1.82, 2.24) is 4.90 Å². The molecule has 0 bridgehead atoms.